The first kappa shape index (κ1) is 29.3. The van der Waals surface area contributed by atoms with Gasteiger partial charge in [0.05, 0.1) is 24.6 Å². The molecule has 41 heavy (non-hydrogen) atoms. The van der Waals surface area contributed by atoms with Crippen molar-refractivity contribution in [1.29, 1.82) is 0 Å². The van der Waals surface area contributed by atoms with E-state index in [1.807, 2.05) is 19.1 Å². The van der Waals surface area contributed by atoms with Crippen LogP contribution in [0, 0.1) is 0 Å². The van der Waals surface area contributed by atoms with Gasteiger partial charge in [0.1, 0.15) is 11.6 Å². The molecular weight excluding hydrogens is 520 g/mol. The lowest BCUT2D eigenvalue weighted by atomic mass is 9.93. The fourth-order valence-electron chi connectivity index (χ4n) is 6.32. The molecule has 11 nitrogen and oxygen atoms in total. The van der Waals surface area contributed by atoms with E-state index in [-0.39, 0.29) is 17.8 Å². The number of likely N-dealkylation sites (N-methyl/N-ethyl adjacent to an activating group) is 1. The molecule has 0 bridgehead atoms. The maximum atomic E-state index is 12.4. The molecule has 2 aliphatic heterocycles. The second kappa shape index (κ2) is 13.2. The number of benzene rings is 1. The highest BCUT2D eigenvalue weighted by Crippen LogP contribution is 2.35. The Bertz CT molecular complexity index is 1190. The molecule has 2 saturated heterocycles. The summed E-state index contributed by atoms with van der Waals surface area (Å²) in [4.78, 5) is 29.2. The number of anilines is 4. The first-order valence-electron chi connectivity index (χ1n) is 15.1. The molecule has 5 rings (SSSR count). The molecule has 3 aliphatic rings. The molecule has 1 aliphatic carbocycles. The lowest BCUT2D eigenvalue weighted by molar-refractivity contribution is 0.0981. The van der Waals surface area contributed by atoms with E-state index in [9.17, 15) is 9.90 Å². The van der Waals surface area contributed by atoms with Gasteiger partial charge in [-0.2, -0.15) is 0 Å². The zero-order chi connectivity index (χ0) is 28.9. The highest BCUT2D eigenvalue weighted by molar-refractivity contribution is 5.96. The minimum atomic E-state index is -0.631. The Kier molecular flexibility index (Phi) is 9.46. The first-order chi connectivity index (χ1) is 19.8. The molecule has 0 atom stereocenters. The van der Waals surface area contributed by atoms with Crippen LogP contribution >= 0.6 is 0 Å². The van der Waals surface area contributed by atoms with Gasteiger partial charge in [-0.25, -0.2) is 9.97 Å². The SMILES string of the molecule is CCc1nc(C(N)=O)c(Nc2ccc(N3CCC(N4CCN(C)CC4)CC3)c(OC)c2)nc1NC1CCC(O)CC1. The second-order valence-electron chi connectivity index (χ2n) is 11.7. The Morgan fingerprint density at radius 1 is 1.02 bits per heavy atom. The number of carbonyl (C=O) groups excluding carboxylic acids is 1. The quantitative estimate of drug-likeness (QED) is 0.359. The average molecular weight is 567 g/mol. The van der Waals surface area contributed by atoms with Crippen molar-refractivity contribution in [2.24, 2.45) is 5.73 Å². The number of piperidine rings is 1. The zero-order valence-corrected chi connectivity index (χ0v) is 24.7. The molecule has 1 aromatic carbocycles. The summed E-state index contributed by atoms with van der Waals surface area (Å²) >= 11 is 0. The van der Waals surface area contributed by atoms with Crippen LogP contribution in [0.25, 0.3) is 0 Å². The van der Waals surface area contributed by atoms with Crippen molar-refractivity contribution in [3.63, 3.8) is 0 Å². The number of aliphatic hydroxyl groups excluding tert-OH is 1. The highest BCUT2D eigenvalue weighted by atomic mass is 16.5. The molecule has 1 amide bonds. The van der Waals surface area contributed by atoms with E-state index in [1.165, 1.54) is 0 Å². The molecule has 0 unspecified atom stereocenters. The summed E-state index contributed by atoms with van der Waals surface area (Å²) in [6.07, 6.45) is 5.90. The van der Waals surface area contributed by atoms with Gasteiger partial charge in [-0.3, -0.25) is 9.69 Å². The van der Waals surface area contributed by atoms with Gasteiger partial charge < -0.3 is 36.0 Å². The van der Waals surface area contributed by atoms with Gasteiger partial charge in [0.15, 0.2) is 11.5 Å². The molecule has 1 saturated carbocycles. The smallest absolute Gasteiger partial charge is 0.271 e. The van der Waals surface area contributed by atoms with Crippen molar-refractivity contribution in [1.82, 2.24) is 19.8 Å². The molecule has 0 radical (unpaired) electrons. The minimum absolute atomic E-state index is 0.112. The van der Waals surface area contributed by atoms with E-state index in [0.717, 1.165) is 94.9 Å². The summed E-state index contributed by atoms with van der Waals surface area (Å²) in [6.45, 7) is 8.56. The van der Waals surface area contributed by atoms with Gasteiger partial charge >= 0.3 is 0 Å². The van der Waals surface area contributed by atoms with Gasteiger partial charge in [0.25, 0.3) is 5.91 Å². The summed E-state index contributed by atoms with van der Waals surface area (Å²) in [5.41, 5.74) is 8.34. The van der Waals surface area contributed by atoms with Crippen molar-refractivity contribution in [3.05, 3.63) is 29.6 Å². The fraction of sp³-hybridized carbons (Fsp3) is 0.633. The Labute approximate surface area is 243 Å². The number of aliphatic hydroxyl groups is 1. The van der Waals surface area contributed by atoms with Crippen LogP contribution < -0.4 is 26.0 Å². The van der Waals surface area contributed by atoms with Crippen LogP contribution in [0.15, 0.2) is 18.2 Å². The molecule has 224 valence electrons. The summed E-state index contributed by atoms with van der Waals surface area (Å²) < 4.78 is 5.82. The van der Waals surface area contributed by atoms with E-state index in [1.54, 1.807) is 7.11 Å². The van der Waals surface area contributed by atoms with E-state index in [0.29, 0.717) is 29.8 Å². The molecule has 0 spiro atoms. The highest BCUT2D eigenvalue weighted by Gasteiger charge is 2.28. The molecule has 5 N–H and O–H groups in total. The van der Waals surface area contributed by atoms with E-state index in [4.69, 9.17) is 15.5 Å². The molecular formula is C30H46N8O3. The van der Waals surface area contributed by atoms with Gasteiger partial charge in [-0.15, -0.1) is 0 Å². The zero-order valence-electron chi connectivity index (χ0n) is 24.7. The monoisotopic (exact) mass is 566 g/mol. The molecule has 3 fully saturated rings. The number of nitrogens with two attached hydrogens (primary N) is 1. The van der Waals surface area contributed by atoms with Gasteiger partial charge in [-0.05, 0) is 64.1 Å². The molecule has 2 aromatic rings. The fourth-order valence-corrected chi connectivity index (χ4v) is 6.32. The Hall–Kier alpha value is -3.15. The van der Waals surface area contributed by atoms with Crippen LogP contribution in [0.2, 0.25) is 0 Å². The number of amides is 1. The van der Waals surface area contributed by atoms with Crippen LogP contribution in [0.5, 0.6) is 5.75 Å². The number of aromatic nitrogens is 2. The number of piperazine rings is 1. The van der Waals surface area contributed by atoms with Crippen molar-refractivity contribution < 1.29 is 14.6 Å². The van der Waals surface area contributed by atoms with Crippen LogP contribution in [0.1, 0.15) is 61.6 Å². The van der Waals surface area contributed by atoms with E-state index < -0.39 is 5.91 Å². The number of ether oxygens (including phenoxy) is 1. The number of aryl methyl sites for hydroxylation is 1. The maximum absolute atomic E-state index is 12.4. The molecule has 1 aromatic heterocycles. The number of hydrogen-bond donors (Lipinski definition) is 4. The van der Waals surface area contributed by atoms with Crippen molar-refractivity contribution in [3.8, 4) is 5.75 Å². The lowest BCUT2D eigenvalue weighted by Crippen LogP contribution is -2.52. The average Bonchev–Trinajstić information content (AvgIpc) is 2.99. The van der Waals surface area contributed by atoms with E-state index >= 15 is 0 Å². The van der Waals surface area contributed by atoms with Crippen molar-refractivity contribution in [2.75, 3.05) is 69.0 Å². The van der Waals surface area contributed by atoms with Gasteiger partial charge in [0, 0.05) is 63.1 Å². The summed E-state index contributed by atoms with van der Waals surface area (Å²) in [6, 6.07) is 6.84. The standard InChI is InChI=1S/C30H46N8O3/c1-4-24-29(32-20-5-8-23(39)9-6-20)35-30(27(34-24)28(31)40)33-21-7-10-25(26(19-21)41-3)38-13-11-22(12-14-38)37-17-15-36(2)16-18-37/h7,10,19-20,22-23,39H,4-6,8-9,11-18H2,1-3H3,(H2,31,40)(H2,32,33,35). The number of methoxy groups -OCH3 is 1. The predicted octanol–water partition coefficient (Wildman–Crippen LogP) is 2.82. The second-order valence-corrected chi connectivity index (χ2v) is 11.7. The normalized spacial score (nSPS) is 22.9. The molecule has 3 heterocycles. The largest absolute Gasteiger partial charge is 0.495 e. The number of nitrogens with one attached hydrogen (secondary N) is 2. The van der Waals surface area contributed by atoms with Crippen LogP contribution in [-0.4, -0.2) is 102 Å². The third kappa shape index (κ3) is 7.02. The van der Waals surface area contributed by atoms with Crippen LogP contribution in [-0.2, 0) is 6.42 Å². The number of rotatable bonds is 9. The Balaban J connectivity index is 1.30. The third-order valence-electron chi connectivity index (χ3n) is 8.88. The summed E-state index contributed by atoms with van der Waals surface area (Å²) in [5.74, 6) is 1.10. The minimum Gasteiger partial charge on any atom is -0.495 e. The van der Waals surface area contributed by atoms with Crippen molar-refractivity contribution >= 4 is 28.9 Å². The van der Waals surface area contributed by atoms with Crippen LogP contribution in [0.3, 0.4) is 0 Å². The predicted molar refractivity (Wildman–Crippen MR) is 162 cm³/mol. The summed E-state index contributed by atoms with van der Waals surface area (Å²) in [5, 5.41) is 16.7. The number of nitrogens with zero attached hydrogens (tertiary/aromatic N) is 5. The number of hydrogen-bond acceptors (Lipinski definition) is 10. The number of carbonyl (C=O) groups is 1. The number of primary amides is 1. The third-order valence-corrected chi connectivity index (χ3v) is 8.88. The Morgan fingerprint density at radius 2 is 1.73 bits per heavy atom. The lowest BCUT2D eigenvalue weighted by Gasteiger charge is -2.42. The van der Waals surface area contributed by atoms with E-state index in [2.05, 4.69) is 43.4 Å². The van der Waals surface area contributed by atoms with Gasteiger partial charge in [-0.1, -0.05) is 6.92 Å². The first-order valence-corrected chi connectivity index (χ1v) is 15.1. The molecule has 11 heteroatoms. The van der Waals surface area contributed by atoms with Crippen LogP contribution in [0.4, 0.5) is 23.0 Å². The van der Waals surface area contributed by atoms with Gasteiger partial charge in [0.2, 0.25) is 0 Å². The Morgan fingerprint density at radius 3 is 2.37 bits per heavy atom. The van der Waals surface area contributed by atoms with Crippen molar-refractivity contribution in [2.45, 2.75) is 70.1 Å². The topological polar surface area (TPSA) is 132 Å². The summed E-state index contributed by atoms with van der Waals surface area (Å²) in [7, 11) is 3.89. The maximum Gasteiger partial charge on any atom is 0.271 e.